The zero-order chi connectivity index (χ0) is 15.8. The number of benzene rings is 1. The highest BCUT2D eigenvalue weighted by Crippen LogP contribution is 2.34. The predicted molar refractivity (Wildman–Crippen MR) is 76.0 cm³/mol. The van der Waals surface area contributed by atoms with Gasteiger partial charge in [0.2, 0.25) is 10.0 Å². The van der Waals surface area contributed by atoms with E-state index in [4.69, 9.17) is 5.73 Å². The Morgan fingerprint density at radius 3 is 2.43 bits per heavy atom. The third-order valence-electron chi connectivity index (χ3n) is 3.44. The van der Waals surface area contributed by atoms with Crippen LogP contribution in [0.4, 0.5) is 8.78 Å². The molecule has 1 saturated carbocycles. The van der Waals surface area contributed by atoms with Crippen molar-refractivity contribution in [2.45, 2.75) is 44.2 Å². The minimum atomic E-state index is -3.98. The summed E-state index contributed by atoms with van der Waals surface area (Å²) in [6.07, 6.45) is 1.55. The first-order valence-electron chi connectivity index (χ1n) is 6.97. The predicted octanol–water partition coefficient (Wildman–Crippen LogP) is 2.23. The van der Waals surface area contributed by atoms with E-state index in [-0.39, 0.29) is 18.5 Å². The largest absolute Gasteiger partial charge is 0.326 e. The molecule has 0 heterocycles. The van der Waals surface area contributed by atoms with Gasteiger partial charge >= 0.3 is 0 Å². The van der Waals surface area contributed by atoms with Crippen LogP contribution < -0.4 is 5.73 Å². The third-order valence-corrected chi connectivity index (χ3v) is 5.38. The summed E-state index contributed by atoms with van der Waals surface area (Å²) < 4.78 is 54.4. The van der Waals surface area contributed by atoms with E-state index in [9.17, 15) is 17.2 Å². The second-order valence-electron chi connectivity index (χ2n) is 5.74. The number of hydrogen-bond donors (Lipinski definition) is 1. The molecule has 2 N–H and O–H groups in total. The molecule has 0 aliphatic heterocycles. The van der Waals surface area contributed by atoms with Crippen molar-refractivity contribution in [1.82, 2.24) is 4.31 Å². The van der Waals surface area contributed by atoms with Crippen molar-refractivity contribution in [3.05, 3.63) is 29.3 Å². The summed E-state index contributed by atoms with van der Waals surface area (Å²) in [6.45, 7) is 3.74. The molecule has 0 bridgehead atoms. The van der Waals surface area contributed by atoms with Gasteiger partial charge in [0.05, 0.1) is 0 Å². The zero-order valence-corrected chi connectivity index (χ0v) is 13.0. The third kappa shape index (κ3) is 3.25. The van der Waals surface area contributed by atoms with Gasteiger partial charge in [0, 0.05) is 24.7 Å². The van der Waals surface area contributed by atoms with E-state index < -0.39 is 32.1 Å². The van der Waals surface area contributed by atoms with Gasteiger partial charge in [-0.15, -0.1) is 0 Å². The normalized spacial score (nSPS) is 16.0. The fourth-order valence-electron chi connectivity index (χ4n) is 2.25. The van der Waals surface area contributed by atoms with Crippen molar-refractivity contribution in [2.24, 2.45) is 11.7 Å². The summed E-state index contributed by atoms with van der Waals surface area (Å²) in [7, 11) is -3.98. The summed E-state index contributed by atoms with van der Waals surface area (Å²) in [5, 5.41) is 0. The maximum Gasteiger partial charge on any atom is 0.246 e. The Labute approximate surface area is 124 Å². The Bertz CT molecular complexity index is 628. The first kappa shape index (κ1) is 16.3. The van der Waals surface area contributed by atoms with Crippen LogP contribution in [0.15, 0.2) is 17.0 Å². The Hall–Kier alpha value is -1.05. The Morgan fingerprint density at radius 1 is 1.33 bits per heavy atom. The highest BCUT2D eigenvalue weighted by Gasteiger charge is 2.39. The minimum absolute atomic E-state index is 0.0804. The average molecular weight is 318 g/mol. The Kier molecular flexibility index (Phi) is 4.65. The van der Waals surface area contributed by atoms with Crippen LogP contribution in [0.25, 0.3) is 0 Å². The number of halogens is 2. The lowest BCUT2D eigenvalue weighted by atomic mass is 10.2. The number of nitrogens with zero attached hydrogens (tertiary/aromatic N) is 1. The number of nitrogens with two attached hydrogens (primary N) is 1. The Balaban J connectivity index is 2.47. The van der Waals surface area contributed by atoms with Crippen LogP contribution in [-0.4, -0.2) is 25.3 Å². The molecule has 7 heteroatoms. The molecular weight excluding hydrogens is 298 g/mol. The molecule has 1 aliphatic carbocycles. The van der Waals surface area contributed by atoms with Crippen molar-refractivity contribution in [3.8, 4) is 0 Å². The van der Waals surface area contributed by atoms with E-state index in [2.05, 4.69) is 0 Å². The summed E-state index contributed by atoms with van der Waals surface area (Å²) >= 11 is 0. The molecule has 21 heavy (non-hydrogen) atoms. The van der Waals surface area contributed by atoms with Crippen molar-refractivity contribution >= 4 is 10.0 Å². The molecule has 4 nitrogen and oxygen atoms in total. The highest BCUT2D eigenvalue weighted by atomic mass is 32.2. The topological polar surface area (TPSA) is 63.4 Å². The first-order chi connectivity index (χ1) is 9.78. The fraction of sp³-hybridized carbons (Fsp3) is 0.571. The molecule has 0 amide bonds. The van der Waals surface area contributed by atoms with Gasteiger partial charge in [0.1, 0.15) is 10.7 Å². The van der Waals surface area contributed by atoms with Gasteiger partial charge in [-0.3, -0.25) is 0 Å². The number of rotatable bonds is 6. The summed E-state index contributed by atoms with van der Waals surface area (Å²) in [5.74, 6) is -1.78. The van der Waals surface area contributed by atoms with Crippen LogP contribution in [-0.2, 0) is 16.6 Å². The maximum absolute atomic E-state index is 14.3. The van der Waals surface area contributed by atoms with Gasteiger partial charge in [-0.1, -0.05) is 13.8 Å². The van der Waals surface area contributed by atoms with Gasteiger partial charge in [-0.05, 0) is 30.9 Å². The molecule has 0 spiro atoms. The standard InChI is InChI=1S/C14H20F2N2O2S/c1-9(2)8-18(10-3-4-10)21(19,20)13-6-5-12(15)11(7-17)14(13)16/h5-6,9-10H,3-4,7-8,17H2,1-2H3. The van der Waals surface area contributed by atoms with E-state index in [1.807, 2.05) is 13.8 Å². The van der Waals surface area contributed by atoms with Gasteiger partial charge in [0.25, 0.3) is 0 Å². The van der Waals surface area contributed by atoms with Gasteiger partial charge < -0.3 is 5.73 Å². The molecule has 1 fully saturated rings. The van der Waals surface area contributed by atoms with Crippen LogP contribution in [0.2, 0.25) is 0 Å². The van der Waals surface area contributed by atoms with E-state index in [0.717, 1.165) is 25.0 Å². The molecule has 0 unspecified atom stereocenters. The van der Waals surface area contributed by atoms with Gasteiger partial charge in [0.15, 0.2) is 5.82 Å². The van der Waals surface area contributed by atoms with Crippen LogP contribution in [0.3, 0.4) is 0 Å². The minimum Gasteiger partial charge on any atom is -0.326 e. The smallest absolute Gasteiger partial charge is 0.246 e. The van der Waals surface area contributed by atoms with Crippen molar-refractivity contribution < 1.29 is 17.2 Å². The maximum atomic E-state index is 14.3. The molecule has 118 valence electrons. The van der Waals surface area contributed by atoms with E-state index >= 15 is 0 Å². The van der Waals surface area contributed by atoms with Gasteiger partial charge in [-0.25, -0.2) is 17.2 Å². The first-order valence-corrected chi connectivity index (χ1v) is 8.41. The molecule has 1 aromatic rings. The molecule has 2 rings (SSSR count). The molecule has 1 aromatic carbocycles. The van der Waals surface area contributed by atoms with E-state index in [1.165, 1.54) is 4.31 Å². The van der Waals surface area contributed by atoms with Crippen LogP contribution >= 0.6 is 0 Å². The molecule has 0 aromatic heterocycles. The fourth-order valence-corrected chi connectivity index (χ4v) is 4.19. The number of sulfonamides is 1. The lowest BCUT2D eigenvalue weighted by Crippen LogP contribution is -2.36. The van der Waals surface area contributed by atoms with Crippen molar-refractivity contribution in [1.29, 1.82) is 0 Å². The van der Waals surface area contributed by atoms with E-state index in [1.54, 1.807) is 0 Å². The molecule has 0 radical (unpaired) electrons. The summed E-state index contributed by atoms with van der Waals surface area (Å²) in [6, 6.07) is 1.86. The van der Waals surface area contributed by atoms with Crippen molar-refractivity contribution in [2.75, 3.05) is 6.54 Å². The second kappa shape index (κ2) is 5.98. The molecular formula is C14H20F2N2O2S. The van der Waals surface area contributed by atoms with Gasteiger partial charge in [-0.2, -0.15) is 4.31 Å². The van der Waals surface area contributed by atoms with Crippen LogP contribution in [0, 0.1) is 17.6 Å². The Morgan fingerprint density at radius 2 is 1.95 bits per heavy atom. The zero-order valence-electron chi connectivity index (χ0n) is 12.1. The van der Waals surface area contributed by atoms with Crippen LogP contribution in [0.1, 0.15) is 32.3 Å². The monoisotopic (exact) mass is 318 g/mol. The molecule has 1 aliphatic rings. The van der Waals surface area contributed by atoms with Crippen LogP contribution in [0.5, 0.6) is 0 Å². The molecule has 0 atom stereocenters. The van der Waals surface area contributed by atoms with E-state index in [0.29, 0.717) is 6.54 Å². The second-order valence-corrected chi connectivity index (χ2v) is 7.60. The quantitative estimate of drug-likeness (QED) is 0.875. The van der Waals surface area contributed by atoms with Crippen molar-refractivity contribution in [3.63, 3.8) is 0 Å². The lowest BCUT2D eigenvalue weighted by molar-refractivity contribution is 0.357. The SMILES string of the molecule is CC(C)CN(C1CC1)S(=O)(=O)c1ccc(F)c(CN)c1F. The highest BCUT2D eigenvalue weighted by molar-refractivity contribution is 7.89. The number of hydrogen-bond acceptors (Lipinski definition) is 3. The summed E-state index contributed by atoms with van der Waals surface area (Å²) in [5.41, 5.74) is 4.91. The summed E-state index contributed by atoms with van der Waals surface area (Å²) in [4.78, 5) is -0.489. The molecule has 0 saturated heterocycles. The lowest BCUT2D eigenvalue weighted by Gasteiger charge is -2.24. The average Bonchev–Trinajstić information content (AvgIpc) is 3.20.